The van der Waals surface area contributed by atoms with Gasteiger partial charge in [-0.25, -0.2) is 0 Å². The molecular weight excluding hydrogens is 347 g/mol. The molecule has 26 heavy (non-hydrogen) atoms. The van der Waals surface area contributed by atoms with E-state index in [2.05, 4.69) is 20.7 Å². The van der Waals surface area contributed by atoms with Gasteiger partial charge in [0.2, 0.25) is 11.7 Å². The van der Waals surface area contributed by atoms with Crippen molar-refractivity contribution in [3.63, 3.8) is 0 Å². The van der Waals surface area contributed by atoms with Gasteiger partial charge in [0.15, 0.2) is 0 Å². The predicted octanol–water partition coefficient (Wildman–Crippen LogP) is 3.20. The zero-order valence-corrected chi connectivity index (χ0v) is 14.2. The topological polar surface area (TPSA) is 72.7 Å². The minimum absolute atomic E-state index is 0.0540. The standard InChI is InChI=1S/C17H20F3N5O/c18-17(19,20)13-7-5-6-12(10-13)16-22-24-25(23-16)11-15(26)21-14-8-3-1-2-4-9-14/h5-7,10,14H,1-4,8-9,11H2,(H,21,26). The molecule has 1 aliphatic rings. The van der Waals surface area contributed by atoms with Crippen molar-refractivity contribution in [2.24, 2.45) is 0 Å². The SMILES string of the molecule is O=C(Cn1nnc(-c2cccc(C(F)(F)F)c2)n1)NC1CCCCCC1. The van der Waals surface area contributed by atoms with Crippen LogP contribution in [0.4, 0.5) is 13.2 Å². The van der Waals surface area contributed by atoms with Crippen molar-refractivity contribution in [2.75, 3.05) is 0 Å². The van der Waals surface area contributed by atoms with E-state index < -0.39 is 11.7 Å². The van der Waals surface area contributed by atoms with Crippen molar-refractivity contribution < 1.29 is 18.0 Å². The maximum Gasteiger partial charge on any atom is 0.416 e. The third-order valence-electron chi connectivity index (χ3n) is 4.41. The number of tetrazole rings is 1. The van der Waals surface area contributed by atoms with Crippen LogP contribution in [0.2, 0.25) is 0 Å². The van der Waals surface area contributed by atoms with Gasteiger partial charge in [-0.05, 0) is 30.2 Å². The van der Waals surface area contributed by atoms with Crippen LogP contribution in [0.15, 0.2) is 24.3 Å². The highest BCUT2D eigenvalue weighted by Crippen LogP contribution is 2.31. The van der Waals surface area contributed by atoms with Gasteiger partial charge in [0.05, 0.1) is 5.56 Å². The number of rotatable bonds is 4. The van der Waals surface area contributed by atoms with E-state index in [1.807, 2.05) is 0 Å². The maximum absolute atomic E-state index is 12.8. The number of alkyl halides is 3. The number of nitrogens with zero attached hydrogens (tertiary/aromatic N) is 4. The quantitative estimate of drug-likeness (QED) is 0.843. The van der Waals surface area contributed by atoms with Crippen LogP contribution in [0.5, 0.6) is 0 Å². The van der Waals surface area contributed by atoms with Crippen molar-refractivity contribution in [3.05, 3.63) is 29.8 Å². The van der Waals surface area contributed by atoms with Crippen LogP contribution in [0.1, 0.15) is 44.1 Å². The van der Waals surface area contributed by atoms with Crippen molar-refractivity contribution in [1.29, 1.82) is 0 Å². The van der Waals surface area contributed by atoms with Crippen molar-refractivity contribution >= 4 is 5.91 Å². The molecule has 1 heterocycles. The molecule has 1 aromatic heterocycles. The summed E-state index contributed by atoms with van der Waals surface area (Å²) in [4.78, 5) is 13.2. The predicted molar refractivity (Wildman–Crippen MR) is 87.9 cm³/mol. The van der Waals surface area contributed by atoms with Gasteiger partial charge in [-0.1, -0.05) is 37.8 Å². The molecule has 1 aliphatic carbocycles. The first-order valence-electron chi connectivity index (χ1n) is 8.66. The Labute approximate surface area is 148 Å². The Bertz CT molecular complexity index is 751. The highest BCUT2D eigenvalue weighted by atomic mass is 19.4. The zero-order chi connectivity index (χ0) is 18.6. The van der Waals surface area contributed by atoms with E-state index in [1.165, 1.54) is 25.0 Å². The molecule has 0 atom stereocenters. The van der Waals surface area contributed by atoms with Gasteiger partial charge in [0.25, 0.3) is 0 Å². The van der Waals surface area contributed by atoms with E-state index >= 15 is 0 Å². The number of benzene rings is 1. The van der Waals surface area contributed by atoms with Gasteiger partial charge >= 0.3 is 6.18 Å². The van der Waals surface area contributed by atoms with E-state index in [0.29, 0.717) is 0 Å². The van der Waals surface area contributed by atoms with Crippen LogP contribution in [-0.4, -0.2) is 32.2 Å². The molecule has 1 aromatic carbocycles. The first-order valence-corrected chi connectivity index (χ1v) is 8.66. The lowest BCUT2D eigenvalue weighted by Gasteiger charge is -2.15. The monoisotopic (exact) mass is 367 g/mol. The van der Waals surface area contributed by atoms with Crippen LogP contribution < -0.4 is 5.32 Å². The first kappa shape index (κ1) is 18.3. The maximum atomic E-state index is 12.8. The minimum Gasteiger partial charge on any atom is -0.352 e. The third-order valence-corrected chi connectivity index (χ3v) is 4.41. The molecule has 0 bridgehead atoms. The molecule has 1 amide bonds. The number of carbonyl (C=O) groups is 1. The second-order valence-corrected chi connectivity index (χ2v) is 6.48. The largest absolute Gasteiger partial charge is 0.416 e. The Hall–Kier alpha value is -2.45. The fourth-order valence-electron chi connectivity index (χ4n) is 3.09. The number of nitrogens with one attached hydrogen (secondary N) is 1. The molecular formula is C17H20F3N5O. The molecule has 0 unspecified atom stereocenters. The summed E-state index contributed by atoms with van der Waals surface area (Å²) >= 11 is 0. The molecule has 1 fully saturated rings. The van der Waals surface area contributed by atoms with Crippen molar-refractivity contribution in [3.8, 4) is 11.4 Å². The highest BCUT2D eigenvalue weighted by molar-refractivity contribution is 5.75. The summed E-state index contributed by atoms with van der Waals surface area (Å²) in [5, 5.41) is 14.5. The summed E-state index contributed by atoms with van der Waals surface area (Å²) in [5.74, 6) is -0.164. The number of carbonyl (C=O) groups excluding carboxylic acids is 1. The molecule has 0 aliphatic heterocycles. The second kappa shape index (κ2) is 7.84. The van der Waals surface area contributed by atoms with Gasteiger partial charge in [-0.15, -0.1) is 10.2 Å². The van der Waals surface area contributed by atoms with Crippen molar-refractivity contribution in [1.82, 2.24) is 25.5 Å². The summed E-state index contributed by atoms with van der Waals surface area (Å²) < 4.78 is 38.4. The molecule has 0 saturated heterocycles. The van der Waals surface area contributed by atoms with E-state index in [9.17, 15) is 18.0 Å². The Kier molecular flexibility index (Phi) is 5.53. The Morgan fingerprint density at radius 1 is 1.19 bits per heavy atom. The van der Waals surface area contributed by atoms with Crippen LogP contribution in [-0.2, 0) is 17.5 Å². The molecule has 140 valence electrons. The van der Waals surface area contributed by atoms with Gasteiger partial charge < -0.3 is 5.32 Å². The summed E-state index contributed by atoms with van der Waals surface area (Å²) in [5.41, 5.74) is -0.576. The molecule has 9 heteroatoms. The highest BCUT2D eigenvalue weighted by Gasteiger charge is 2.30. The lowest BCUT2D eigenvalue weighted by atomic mass is 10.1. The summed E-state index contributed by atoms with van der Waals surface area (Å²) in [6.07, 6.45) is 2.08. The fraction of sp³-hybridized carbons (Fsp3) is 0.529. The average molecular weight is 367 g/mol. The Morgan fingerprint density at radius 3 is 2.62 bits per heavy atom. The summed E-state index contributed by atoms with van der Waals surface area (Å²) in [7, 11) is 0. The third kappa shape index (κ3) is 4.80. The minimum atomic E-state index is -4.44. The van der Waals surface area contributed by atoms with Crippen LogP contribution in [0.3, 0.4) is 0 Å². The number of hydrogen-bond acceptors (Lipinski definition) is 4. The average Bonchev–Trinajstić information content (AvgIpc) is 2.90. The summed E-state index contributed by atoms with van der Waals surface area (Å²) in [6.45, 7) is -0.109. The van der Waals surface area contributed by atoms with Gasteiger partial charge in [-0.2, -0.15) is 18.0 Å². The lowest BCUT2D eigenvalue weighted by molar-refractivity contribution is -0.137. The second-order valence-electron chi connectivity index (χ2n) is 6.48. The fourth-order valence-corrected chi connectivity index (χ4v) is 3.09. The molecule has 0 spiro atoms. The van der Waals surface area contributed by atoms with Crippen molar-refractivity contribution in [2.45, 2.75) is 57.3 Å². The Balaban J connectivity index is 1.63. The van der Waals surface area contributed by atoms with Crippen LogP contribution >= 0.6 is 0 Å². The first-order chi connectivity index (χ1) is 12.4. The van der Waals surface area contributed by atoms with Gasteiger partial charge in [-0.3, -0.25) is 4.79 Å². The van der Waals surface area contributed by atoms with E-state index in [4.69, 9.17) is 0 Å². The van der Waals surface area contributed by atoms with Gasteiger partial charge in [0.1, 0.15) is 6.54 Å². The smallest absolute Gasteiger partial charge is 0.352 e. The molecule has 1 N–H and O–H groups in total. The molecule has 2 aromatic rings. The molecule has 3 rings (SSSR count). The van der Waals surface area contributed by atoms with E-state index in [-0.39, 0.29) is 29.9 Å². The number of aromatic nitrogens is 4. The van der Waals surface area contributed by atoms with E-state index in [1.54, 1.807) is 0 Å². The normalized spacial score (nSPS) is 16.3. The Morgan fingerprint density at radius 2 is 1.92 bits per heavy atom. The van der Waals surface area contributed by atoms with E-state index in [0.717, 1.165) is 42.6 Å². The molecule has 1 saturated carbocycles. The van der Waals surface area contributed by atoms with Gasteiger partial charge in [0, 0.05) is 11.6 Å². The van der Waals surface area contributed by atoms with Crippen LogP contribution in [0, 0.1) is 0 Å². The van der Waals surface area contributed by atoms with Crippen LogP contribution in [0.25, 0.3) is 11.4 Å². The number of hydrogen-bond donors (Lipinski definition) is 1. The number of amides is 1. The lowest BCUT2D eigenvalue weighted by Crippen LogP contribution is -2.37. The molecule has 0 radical (unpaired) electrons. The summed E-state index contributed by atoms with van der Waals surface area (Å²) in [6, 6.07) is 4.87. The zero-order valence-electron chi connectivity index (χ0n) is 14.2. The molecule has 6 nitrogen and oxygen atoms in total. The number of halogens is 3.